The minimum atomic E-state index is -0.266. The molecule has 1 saturated heterocycles. The van der Waals surface area contributed by atoms with E-state index in [4.69, 9.17) is 0 Å². The van der Waals surface area contributed by atoms with Gasteiger partial charge in [-0.25, -0.2) is 4.39 Å². The second kappa shape index (κ2) is 8.44. The zero-order valence-electron chi connectivity index (χ0n) is 13.3. The summed E-state index contributed by atoms with van der Waals surface area (Å²) < 4.78 is 13.0. The fraction of sp³-hybridized carbons (Fsp3) is 0.706. The smallest absolute Gasteiger partial charge is 0.141 e. The largest absolute Gasteiger partial charge is 0.309 e. The predicted octanol–water partition coefficient (Wildman–Crippen LogP) is 3.38. The Morgan fingerprint density at radius 2 is 2.14 bits per heavy atom. The average Bonchev–Trinajstić information content (AvgIpc) is 2.50. The van der Waals surface area contributed by atoms with Crippen LogP contribution in [0.3, 0.4) is 0 Å². The van der Waals surface area contributed by atoms with E-state index in [0.29, 0.717) is 0 Å². The van der Waals surface area contributed by atoms with Crippen molar-refractivity contribution in [2.75, 3.05) is 26.2 Å². The van der Waals surface area contributed by atoms with Crippen LogP contribution in [0.25, 0.3) is 0 Å². The van der Waals surface area contributed by atoms with E-state index in [1.54, 1.807) is 6.07 Å². The molecule has 1 N–H and O–H groups in total. The van der Waals surface area contributed by atoms with E-state index in [0.717, 1.165) is 37.5 Å². The van der Waals surface area contributed by atoms with Crippen molar-refractivity contribution < 1.29 is 4.39 Å². The Morgan fingerprint density at radius 1 is 1.38 bits per heavy atom. The van der Waals surface area contributed by atoms with E-state index in [1.807, 2.05) is 0 Å². The molecule has 1 atom stereocenters. The number of aromatic nitrogens is 1. The van der Waals surface area contributed by atoms with Crippen LogP contribution >= 0.6 is 0 Å². The predicted molar refractivity (Wildman–Crippen MR) is 84.7 cm³/mol. The van der Waals surface area contributed by atoms with E-state index < -0.39 is 0 Å². The van der Waals surface area contributed by atoms with Gasteiger partial charge in [-0.15, -0.1) is 0 Å². The summed E-state index contributed by atoms with van der Waals surface area (Å²) in [5.41, 5.74) is 0.954. The van der Waals surface area contributed by atoms with Crippen LogP contribution < -0.4 is 5.32 Å². The molecule has 0 aliphatic carbocycles. The Kier molecular flexibility index (Phi) is 6.58. The lowest BCUT2D eigenvalue weighted by molar-refractivity contribution is 0.184. The lowest BCUT2D eigenvalue weighted by Crippen LogP contribution is -2.35. The Labute approximate surface area is 127 Å². The lowest BCUT2D eigenvalue weighted by atomic mass is 9.98. The van der Waals surface area contributed by atoms with Gasteiger partial charge in [-0.1, -0.05) is 13.8 Å². The number of pyridine rings is 1. The third-order valence-corrected chi connectivity index (χ3v) is 4.36. The SMILES string of the molecule is CCCNC(CCN1CCC(C)CC1)c1ccc(F)cn1. The van der Waals surface area contributed by atoms with Gasteiger partial charge in [0.15, 0.2) is 0 Å². The molecule has 1 aromatic rings. The van der Waals surface area contributed by atoms with Crippen molar-refractivity contribution >= 4 is 0 Å². The van der Waals surface area contributed by atoms with Gasteiger partial charge in [0.1, 0.15) is 5.82 Å². The number of hydrogen-bond acceptors (Lipinski definition) is 3. The Hall–Kier alpha value is -1.00. The Bertz CT molecular complexity index is 399. The van der Waals surface area contributed by atoms with Gasteiger partial charge in [-0.3, -0.25) is 4.98 Å². The molecule has 0 radical (unpaired) electrons. The van der Waals surface area contributed by atoms with Gasteiger partial charge in [0.25, 0.3) is 0 Å². The Balaban J connectivity index is 1.88. The van der Waals surface area contributed by atoms with Crippen LogP contribution in [-0.2, 0) is 0 Å². The lowest BCUT2D eigenvalue weighted by Gasteiger charge is -2.31. The summed E-state index contributed by atoms with van der Waals surface area (Å²) in [7, 11) is 0. The molecule has 0 spiro atoms. The molecule has 2 rings (SSSR count). The fourth-order valence-corrected chi connectivity index (χ4v) is 2.86. The minimum absolute atomic E-state index is 0.227. The zero-order valence-corrected chi connectivity index (χ0v) is 13.3. The highest BCUT2D eigenvalue weighted by molar-refractivity contribution is 5.10. The van der Waals surface area contributed by atoms with Gasteiger partial charge in [0.05, 0.1) is 17.9 Å². The number of piperidine rings is 1. The minimum Gasteiger partial charge on any atom is -0.309 e. The van der Waals surface area contributed by atoms with Crippen LogP contribution in [0.2, 0.25) is 0 Å². The number of halogens is 1. The maximum absolute atomic E-state index is 13.0. The van der Waals surface area contributed by atoms with Crippen LogP contribution in [0, 0.1) is 11.7 Å². The van der Waals surface area contributed by atoms with E-state index in [2.05, 4.69) is 29.0 Å². The summed E-state index contributed by atoms with van der Waals surface area (Å²) in [6, 6.07) is 3.54. The van der Waals surface area contributed by atoms with E-state index in [9.17, 15) is 4.39 Å². The molecule has 1 aliphatic rings. The number of hydrogen-bond donors (Lipinski definition) is 1. The first-order valence-corrected chi connectivity index (χ1v) is 8.26. The second-order valence-electron chi connectivity index (χ2n) is 6.22. The molecule has 3 nitrogen and oxygen atoms in total. The fourth-order valence-electron chi connectivity index (χ4n) is 2.86. The summed E-state index contributed by atoms with van der Waals surface area (Å²) in [5, 5.41) is 3.54. The van der Waals surface area contributed by atoms with Crippen molar-refractivity contribution in [3.8, 4) is 0 Å². The maximum Gasteiger partial charge on any atom is 0.141 e. The van der Waals surface area contributed by atoms with Crippen molar-refractivity contribution in [2.24, 2.45) is 5.92 Å². The molecule has 1 aliphatic heterocycles. The maximum atomic E-state index is 13.0. The highest BCUT2D eigenvalue weighted by Gasteiger charge is 2.18. The molecule has 0 saturated carbocycles. The molecule has 0 aromatic carbocycles. The first-order chi connectivity index (χ1) is 10.2. The number of nitrogens with one attached hydrogen (secondary N) is 1. The van der Waals surface area contributed by atoms with Crippen molar-refractivity contribution in [2.45, 2.75) is 45.6 Å². The topological polar surface area (TPSA) is 28.2 Å². The van der Waals surface area contributed by atoms with Gasteiger partial charge >= 0.3 is 0 Å². The number of likely N-dealkylation sites (tertiary alicyclic amines) is 1. The number of rotatable bonds is 7. The average molecular weight is 293 g/mol. The summed E-state index contributed by atoms with van der Waals surface area (Å²) in [6.07, 6.45) is 6.06. The molecule has 0 amide bonds. The first kappa shape index (κ1) is 16.4. The summed E-state index contributed by atoms with van der Waals surface area (Å²) in [5.74, 6) is 0.604. The third-order valence-electron chi connectivity index (χ3n) is 4.36. The quantitative estimate of drug-likeness (QED) is 0.835. The molecule has 2 heterocycles. The molecule has 118 valence electrons. The van der Waals surface area contributed by atoms with E-state index >= 15 is 0 Å². The van der Waals surface area contributed by atoms with Crippen molar-refractivity contribution in [1.82, 2.24) is 15.2 Å². The van der Waals surface area contributed by atoms with Gasteiger partial charge in [-0.05, 0) is 69.9 Å². The van der Waals surface area contributed by atoms with E-state index in [1.165, 1.54) is 38.2 Å². The molecule has 1 unspecified atom stereocenters. The zero-order chi connectivity index (χ0) is 15.1. The molecule has 1 aromatic heterocycles. The molecule has 4 heteroatoms. The standard InChI is InChI=1S/C17H28FN3/c1-3-9-19-17(16-5-4-15(18)13-20-16)8-12-21-10-6-14(2)7-11-21/h4-5,13-14,17,19H,3,6-12H2,1-2H3. The van der Waals surface area contributed by atoms with Gasteiger partial charge < -0.3 is 10.2 Å². The normalized spacial score (nSPS) is 18.8. The van der Waals surface area contributed by atoms with Crippen molar-refractivity contribution in [1.29, 1.82) is 0 Å². The van der Waals surface area contributed by atoms with Crippen LogP contribution in [0.4, 0.5) is 4.39 Å². The summed E-state index contributed by atoms with van der Waals surface area (Å²) in [6.45, 7) is 8.98. The molecular formula is C17H28FN3. The molecule has 1 fully saturated rings. The Morgan fingerprint density at radius 3 is 2.76 bits per heavy atom. The second-order valence-corrected chi connectivity index (χ2v) is 6.22. The third kappa shape index (κ3) is 5.36. The molecule has 21 heavy (non-hydrogen) atoms. The van der Waals surface area contributed by atoms with Crippen molar-refractivity contribution in [3.63, 3.8) is 0 Å². The molecular weight excluding hydrogens is 265 g/mol. The van der Waals surface area contributed by atoms with Crippen LogP contribution in [-0.4, -0.2) is 36.1 Å². The van der Waals surface area contributed by atoms with Crippen LogP contribution in [0.15, 0.2) is 18.3 Å². The van der Waals surface area contributed by atoms with E-state index in [-0.39, 0.29) is 11.9 Å². The van der Waals surface area contributed by atoms with Gasteiger partial charge in [-0.2, -0.15) is 0 Å². The first-order valence-electron chi connectivity index (χ1n) is 8.26. The van der Waals surface area contributed by atoms with Crippen molar-refractivity contribution in [3.05, 3.63) is 29.8 Å². The molecule has 0 bridgehead atoms. The van der Waals surface area contributed by atoms with Crippen LogP contribution in [0.1, 0.15) is 51.3 Å². The highest BCUT2D eigenvalue weighted by Crippen LogP contribution is 2.19. The monoisotopic (exact) mass is 293 g/mol. The highest BCUT2D eigenvalue weighted by atomic mass is 19.1. The van der Waals surface area contributed by atoms with Crippen LogP contribution in [0.5, 0.6) is 0 Å². The summed E-state index contributed by atoms with van der Waals surface area (Å²) in [4.78, 5) is 6.80. The van der Waals surface area contributed by atoms with Gasteiger partial charge in [0, 0.05) is 0 Å². The van der Waals surface area contributed by atoms with Gasteiger partial charge in [0.2, 0.25) is 0 Å². The summed E-state index contributed by atoms with van der Waals surface area (Å²) >= 11 is 0. The number of nitrogens with zero attached hydrogens (tertiary/aromatic N) is 2.